The van der Waals surface area contributed by atoms with E-state index in [0.717, 1.165) is 24.8 Å². The SMILES string of the molecule is C[C@]1(CS(=O)(=O)c2ccccc2)OO[C@H]2C[C@H]1CC[C@@]2(C)OCc1ccccc1. The van der Waals surface area contributed by atoms with E-state index >= 15 is 0 Å². The van der Waals surface area contributed by atoms with E-state index in [9.17, 15) is 8.42 Å². The fourth-order valence-corrected chi connectivity index (χ4v) is 6.17. The van der Waals surface area contributed by atoms with Gasteiger partial charge >= 0.3 is 0 Å². The van der Waals surface area contributed by atoms with E-state index in [0.29, 0.717) is 11.5 Å². The first-order valence-electron chi connectivity index (χ1n) is 10.1. The highest BCUT2D eigenvalue weighted by Crippen LogP contribution is 2.47. The third-order valence-corrected chi connectivity index (χ3v) is 8.32. The molecule has 2 aromatic rings. The maximum atomic E-state index is 12.9. The van der Waals surface area contributed by atoms with E-state index in [1.165, 1.54) is 0 Å². The predicted molar refractivity (Wildman–Crippen MR) is 110 cm³/mol. The van der Waals surface area contributed by atoms with Gasteiger partial charge < -0.3 is 4.74 Å². The zero-order valence-electron chi connectivity index (χ0n) is 16.9. The number of rotatable bonds is 6. The minimum atomic E-state index is -3.47. The Morgan fingerprint density at radius 1 is 1.03 bits per heavy atom. The lowest BCUT2D eigenvalue weighted by Gasteiger charge is -2.52. The van der Waals surface area contributed by atoms with Crippen LogP contribution in [-0.4, -0.2) is 31.5 Å². The Bertz CT molecular complexity index is 930. The Kier molecular flexibility index (Phi) is 5.55. The van der Waals surface area contributed by atoms with Crippen molar-refractivity contribution >= 4 is 9.84 Å². The summed E-state index contributed by atoms with van der Waals surface area (Å²) in [5, 5.41) is 0. The Morgan fingerprint density at radius 2 is 1.69 bits per heavy atom. The second-order valence-electron chi connectivity index (χ2n) is 8.61. The van der Waals surface area contributed by atoms with Crippen molar-refractivity contribution in [3.63, 3.8) is 0 Å². The average molecular weight is 417 g/mol. The minimum Gasteiger partial charge on any atom is -0.368 e. The van der Waals surface area contributed by atoms with Crippen LogP contribution in [0.25, 0.3) is 0 Å². The number of fused-ring (bicyclic) bond motifs is 2. The lowest BCUT2D eigenvalue weighted by atomic mass is 9.71. The highest BCUT2D eigenvalue weighted by Gasteiger charge is 2.54. The zero-order valence-corrected chi connectivity index (χ0v) is 17.7. The second kappa shape index (κ2) is 7.84. The molecule has 0 spiro atoms. The summed E-state index contributed by atoms with van der Waals surface area (Å²) in [4.78, 5) is 11.9. The number of benzene rings is 2. The molecular formula is C23H28O5S. The van der Waals surface area contributed by atoms with Gasteiger partial charge in [-0.15, -0.1) is 0 Å². The van der Waals surface area contributed by atoms with Crippen molar-refractivity contribution in [1.29, 1.82) is 0 Å². The van der Waals surface area contributed by atoms with Crippen LogP contribution in [-0.2, 0) is 31.0 Å². The van der Waals surface area contributed by atoms with E-state index < -0.39 is 21.0 Å². The predicted octanol–water partition coefficient (Wildman–Crippen LogP) is 4.33. The monoisotopic (exact) mass is 416 g/mol. The fraction of sp³-hybridized carbons (Fsp3) is 0.478. The summed E-state index contributed by atoms with van der Waals surface area (Å²) in [6.07, 6.45) is 2.16. The number of hydrogen-bond acceptors (Lipinski definition) is 5. The summed E-state index contributed by atoms with van der Waals surface area (Å²) in [6.45, 7) is 4.42. The van der Waals surface area contributed by atoms with Crippen LogP contribution < -0.4 is 0 Å². The molecule has 1 aliphatic carbocycles. The van der Waals surface area contributed by atoms with Gasteiger partial charge in [-0.3, -0.25) is 0 Å². The molecule has 0 amide bonds. The highest BCUT2D eigenvalue weighted by atomic mass is 32.2. The summed E-state index contributed by atoms with van der Waals surface area (Å²) in [6, 6.07) is 18.6. The molecule has 1 aliphatic heterocycles. The molecule has 2 bridgehead atoms. The molecule has 0 N–H and O–H groups in total. The van der Waals surface area contributed by atoms with E-state index in [-0.39, 0.29) is 17.8 Å². The summed E-state index contributed by atoms with van der Waals surface area (Å²) in [5.74, 6) is 0.0105. The molecule has 5 nitrogen and oxygen atoms in total. The van der Waals surface area contributed by atoms with Gasteiger partial charge in [-0.1, -0.05) is 48.5 Å². The van der Waals surface area contributed by atoms with Gasteiger partial charge in [-0.25, -0.2) is 18.2 Å². The molecule has 1 saturated carbocycles. The maximum Gasteiger partial charge on any atom is 0.181 e. The third-order valence-electron chi connectivity index (χ3n) is 6.38. The van der Waals surface area contributed by atoms with Gasteiger partial charge in [0.1, 0.15) is 11.7 Å². The van der Waals surface area contributed by atoms with Gasteiger partial charge in [0.15, 0.2) is 9.84 Å². The molecule has 2 aliphatic rings. The standard InChI is InChI=1S/C23H28O5S/c1-22(26-16-18-9-5-3-6-10-18)14-13-19-15-21(22)27-28-23(19,2)17-29(24,25)20-11-7-4-8-12-20/h3-12,19,21H,13-17H2,1-2H3/t19-,21+,22-,23-/m1/s1. The third kappa shape index (κ3) is 4.26. The first-order chi connectivity index (χ1) is 13.8. The normalized spacial score (nSPS) is 32.1. The van der Waals surface area contributed by atoms with Crippen molar-refractivity contribution in [3.8, 4) is 0 Å². The highest BCUT2D eigenvalue weighted by molar-refractivity contribution is 7.91. The zero-order chi connectivity index (χ0) is 20.5. The van der Waals surface area contributed by atoms with Crippen LogP contribution in [0.2, 0.25) is 0 Å². The van der Waals surface area contributed by atoms with Gasteiger partial charge in [-0.05, 0) is 56.7 Å². The Hall–Kier alpha value is -1.73. The van der Waals surface area contributed by atoms with Gasteiger partial charge in [0.05, 0.1) is 22.9 Å². The van der Waals surface area contributed by atoms with Gasteiger partial charge in [0.25, 0.3) is 0 Å². The Morgan fingerprint density at radius 3 is 2.38 bits per heavy atom. The van der Waals surface area contributed by atoms with Crippen molar-refractivity contribution in [3.05, 3.63) is 66.2 Å². The second-order valence-corrected chi connectivity index (χ2v) is 10.6. The Labute approximate surface area is 172 Å². The van der Waals surface area contributed by atoms with Crippen LogP contribution in [0, 0.1) is 5.92 Å². The minimum absolute atomic E-state index is 0.0943. The van der Waals surface area contributed by atoms with Crippen LogP contribution in [0.5, 0.6) is 0 Å². The van der Waals surface area contributed by atoms with Crippen molar-refractivity contribution in [1.82, 2.24) is 0 Å². The smallest absolute Gasteiger partial charge is 0.181 e. The van der Waals surface area contributed by atoms with E-state index in [2.05, 4.69) is 6.92 Å². The number of sulfone groups is 1. The molecular weight excluding hydrogens is 388 g/mol. The summed E-state index contributed by atoms with van der Waals surface area (Å²) in [5.41, 5.74) is -0.205. The molecule has 0 radical (unpaired) electrons. The van der Waals surface area contributed by atoms with Crippen molar-refractivity contribution < 1.29 is 22.9 Å². The molecule has 4 rings (SSSR count). The van der Waals surface area contributed by atoms with Gasteiger partial charge in [0.2, 0.25) is 0 Å². The quantitative estimate of drug-likeness (QED) is 0.656. The van der Waals surface area contributed by atoms with Gasteiger partial charge in [-0.2, -0.15) is 0 Å². The molecule has 156 valence electrons. The molecule has 1 saturated heterocycles. The van der Waals surface area contributed by atoms with E-state index in [1.807, 2.05) is 43.3 Å². The Balaban J connectivity index is 1.43. The van der Waals surface area contributed by atoms with Crippen LogP contribution in [0.15, 0.2) is 65.6 Å². The lowest BCUT2D eigenvalue weighted by Crippen LogP contribution is -2.59. The van der Waals surface area contributed by atoms with Crippen LogP contribution >= 0.6 is 0 Å². The van der Waals surface area contributed by atoms with Crippen molar-refractivity contribution in [2.75, 3.05) is 5.75 Å². The fourth-order valence-electron chi connectivity index (χ4n) is 4.40. The van der Waals surface area contributed by atoms with Crippen molar-refractivity contribution in [2.24, 2.45) is 5.92 Å². The van der Waals surface area contributed by atoms with Crippen LogP contribution in [0.1, 0.15) is 38.7 Å². The van der Waals surface area contributed by atoms with Crippen molar-refractivity contribution in [2.45, 2.75) is 61.9 Å². The molecule has 1 heterocycles. The molecule has 4 atom stereocenters. The topological polar surface area (TPSA) is 61.8 Å². The van der Waals surface area contributed by atoms with E-state index in [4.69, 9.17) is 14.5 Å². The summed E-state index contributed by atoms with van der Waals surface area (Å²) < 4.78 is 32.0. The first kappa shape index (κ1) is 20.5. The molecule has 0 aromatic heterocycles. The molecule has 2 aromatic carbocycles. The van der Waals surface area contributed by atoms with Gasteiger partial charge in [0, 0.05) is 0 Å². The number of ether oxygens (including phenoxy) is 1. The molecule has 0 unspecified atom stereocenters. The van der Waals surface area contributed by atoms with Crippen LogP contribution in [0.4, 0.5) is 0 Å². The largest absolute Gasteiger partial charge is 0.368 e. The molecule has 2 fully saturated rings. The average Bonchev–Trinajstić information content (AvgIpc) is 2.72. The lowest BCUT2D eigenvalue weighted by molar-refractivity contribution is -0.444. The number of hydrogen-bond donors (Lipinski definition) is 0. The van der Waals surface area contributed by atoms with E-state index in [1.54, 1.807) is 24.3 Å². The molecule has 6 heteroatoms. The summed E-state index contributed by atoms with van der Waals surface area (Å²) >= 11 is 0. The summed E-state index contributed by atoms with van der Waals surface area (Å²) in [7, 11) is -3.47. The molecule has 29 heavy (non-hydrogen) atoms. The van der Waals surface area contributed by atoms with Crippen LogP contribution in [0.3, 0.4) is 0 Å². The first-order valence-corrected chi connectivity index (χ1v) is 11.8. The maximum absolute atomic E-state index is 12.9.